The molecule has 108 valence electrons. The second-order valence-electron chi connectivity index (χ2n) is 4.35. The molecule has 0 aromatic heterocycles. The van der Waals surface area contributed by atoms with Gasteiger partial charge in [-0.1, -0.05) is 40.7 Å². The Kier molecular flexibility index (Phi) is 5.25. The van der Waals surface area contributed by atoms with E-state index in [9.17, 15) is 0 Å². The van der Waals surface area contributed by atoms with Crippen LogP contribution in [0, 0.1) is 12.3 Å². The zero-order valence-corrected chi connectivity index (χ0v) is 13.5. The van der Waals surface area contributed by atoms with E-state index in [0.29, 0.717) is 33.1 Å². The van der Waals surface area contributed by atoms with Crippen molar-refractivity contribution in [3.8, 4) is 23.8 Å². The van der Waals surface area contributed by atoms with Gasteiger partial charge in [0.2, 0.25) is 0 Å². The van der Waals surface area contributed by atoms with Gasteiger partial charge in [0.15, 0.2) is 5.75 Å². The molecular formula is C16H12Cl3NO. The zero-order chi connectivity index (χ0) is 15.4. The van der Waals surface area contributed by atoms with Crippen molar-refractivity contribution in [2.24, 2.45) is 0 Å². The molecule has 2 rings (SSSR count). The molecular weight excluding hydrogens is 329 g/mol. The maximum Gasteiger partial charge on any atom is 0.152 e. The summed E-state index contributed by atoms with van der Waals surface area (Å²) in [5.74, 6) is 3.66. The van der Waals surface area contributed by atoms with Gasteiger partial charge in [0.05, 0.1) is 17.3 Å². The lowest BCUT2D eigenvalue weighted by Crippen LogP contribution is -2.17. The van der Waals surface area contributed by atoms with Crippen LogP contribution < -0.4 is 9.64 Å². The Morgan fingerprint density at radius 1 is 1.05 bits per heavy atom. The number of anilines is 1. The Morgan fingerprint density at radius 2 is 1.71 bits per heavy atom. The highest BCUT2D eigenvalue weighted by molar-refractivity contribution is 6.35. The summed E-state index contributed by atoms with van der Waals surface area (Å²) in [5, 5.41) is 1.53. The molecule has 5 heteroatoms. The van der Waals surface area contributed by atoms with Crippen molar-refractivity contribution in [3.63, 3.8) is 0 Å². The van der Waals surface area contributed by atoms with E-state index >= 15 is 0 Å². The van der Waals surface area contributed by atoms with Crippen LogP contribution in [0.1, 0.15) is 0 Å². The highest BCUT2D eigenvalue weighted by Gasteiger charge is 2.12. The molecule has 0 saturated heterocycles. The Hall–Kier alpha value is -1.53. The van der Waals surface area contributed by atoms with E-state index in [-0.39, 0.29) is 0 Å². The summed E-state index contributed by atoms with van der Waals surface area (Å²) in [6.45, 7) is 0.451. The first kappa shape index (κ1) is 15.9. The SMILES string of the molecule is C#CCN(C)c1ccc(Cl)cc1Oc1ccc(Cl)cc1Cl. The third-order valence-corrected chi connectivity index (χ3v) is 3.54. The van der Waals surface area contributed by atoms with Crippen molar-refractivity contribution in [2.75, 3.05) is 18.5 Å². The first-order valence-corrected chi connectivity index (χ1v) is 7.21. The number of terminal acetylenes is 1. The highest BCUT2D eigenvalue weighted by Crippen LogP contribution is 2.37. The van der Waals surface area contributed by atoms with Crippen LogP contribution in [0.15, 0.2) is 36.4 Å². The number of hydrogen-bond donors (Lipinski definition) is 0. The predicted molar refractivity (Wildman–Crippen MR) is 90.1 cm³/mol. The van der Waals surface area contributed by atoms with E-state index in [1.165, 1.54) is 0 Å². The summed E-state index contributed by atoms with van der Waals surface area (Å²) in [7, 11) is 1.87. The standard InChI is InChI=1S/C16H12Cl3NO/c1-3-8-20(2)14-6-4-12(18)10-16(14)21-15-7-5-11(17)9-13(15)19/h1,4-7,9-10H,8H2,2H3. The molecule has 0 saturated carbocycles. The van der Waals surface area contributed by atoms with E-state index in [1.54, 1.807) is 30.3 Å². The van der Waals surface area contributed by atoms with Crippen LogP contribution in [0.4, 0.5) is 5.69 Å². The molecule has 0 atom stereocenters. The van der Waals surface area contributed by atoms with E-state index in [4.69, 9.17) is 46.0 Å². The van der Waals surface area contributed by atoms with Gasteiger partial charge >= 0.3 is 0 Å². The van der Waals surface area contributed by atoms with Gasteiger partial charge in [-0.25, -0.2) is 0 Å². The van der Waals surface area contributed by atoms with Crippen LogP contribution in [0.5, 0.6) is 11.5 Å². The number of rotatable bonds is 4. The summed E-state index contributed by atoms with van der Waals surface area (Å²) in [6, 6.07) is 10.4. The highest BCUT2D eigenvalue weighted by atomic mass is 35.5. The molecule has 2 aromatic rings. The molecule has 21 heavy (non-hydrogen) atoms. The third kappa shape index (κ3) is 3.98. The largest absolute Gasteiger partial charge is 0.454 e. The van der Waals surface area contributed by atoms with E-state index < -0.39 is 0 Å². The molecule has 0 heterocycles. The summed E-state index contributed by atoms with van der Waals surface area (Å²) < 4.78 is 5.86. The second-order valence-corrected chi connectivity index (χ2v) is 5.63. The van der Waals surface area contributed by atoms with Crippen LogP contribution in [0.25, 0.3) is 0 Å². The van der Waals surface area contributed by atoms with Gasteiger partial charge in [-0.05, 0) is 30.3 Å². The maximum absolute atomic E-state index is 6.12. The molecule has 0 aliphatic heterocycles. The fraction of sp³-hybridized carbons (Fsp3) is 0.125. The smallest absolute Gasteiger partial charge is 0.152 e. The zero-order valence-electron chi connectivity index (χ0n) is 11.2. The molecule has 0 amide bonds. The molecule has 0 spiro atoms. The van der Waals surface area contributed by atoms with Crippen LogP contribution >= 0.6 is 34.8 Å². The quantitative estimate of drug-likeness (QED) is 0.681. The van der Waals surface area contributed by atoms with Crippen LogP contribution in [-0.2, 0) is 0 Å². The van der Waals surface area contributed by atoms with E-state index in [1.807, 2.05) is 18.0 Å². The average molecular weight is 341 g/mol. The Balaban J connectivity index is 2.38. The van der Waals surface area contributed by atoms with Gasteiger partial charge < -0.3 is 9.64 Å². The lowest BCUT2D eigenvalue weighted by Gasteiger charge is -2.20. The molecule has 0 aliphatic rings. The summed E-state index contributed by atoms with van der Waals surface area (Å²) in [5.41, 5.74) is 0.823. The van der Waals surface area contributed by atoms with Gasteiger partial charge in [0.25, 0.3) is 0 Å². The van der Waals surface area contributed by atoms with Crippen molar-refractivity contribution in [1.29, 1.82) is 0 Å². The molecule has 0 bridgehead atoms. The normalized spacial score (nSPS) is 10.0. The minimum absolute atomic E-state index is 0.424. The fourth-order valence-electron chi connectivity index (χ4n) is 1.78. The molecule has 0 aliphatic carbocycles. The lowest BCUT2D eigenvalue weighted by atomic mass is 10.2. The van der Waals surface area contributed by atoms with Gasteiger partial charge in [-0.2, -0.15) is 0 Å². The topological polar surface area (TPSA) is 12.5 Å². The lowest BCUT2D eigenvalue weighted by molar-refractivity contribution is 0.483. The first-order valence-electron chi connectivity index (χ1n) is 6.08. The molecule has 0 fully saturated rings. The summed E-state index contributed by atoms with van der Waals surface area (Å²) >= 11 is 18.0. The number of hydrogen-bond acceptors (Lipinski definition) is 2. The molecule has 0 radical (unpaired) electrons. The van der Waals surface area contributed by atoms with Crippen molar-refractivity contribution >= 4 is 40.5 Å². The number of ether oxygens (including phenoxy) is 1. The van der Waals surface area contributed by atoms with E-state index in [0.717, 1.165) is 5.69 Å². The molecule has 0 N–H and O–H groups in total. The summed E-state index contributed by atoms with van der Waals surface area (Å²) in [6.07, 6.45) is 5.35. The Morgan fingerprint density at radius 3 is 2.38 bits per heavy atom. The van der Waals surface area contributed by atoms with Crippen LogP contribution in [0.2, 0.25) is 15.1 Å². The Bertz CT molecular complexity index is 694. The van der Waals surface area contributed by atoms with Gasteiger partial charge in [0.1, 0.15) is 5.75 Å². The monoisotopic (exact) mass is 339 g/mol. The van der Waals surface area contributed by atoms with Gasteiger partial charge in [0, 0.05) is 23.2 Å². The minimum atomic E-state index is 0.424. The van der Waals surface area contributed by atoms with E-state index in [2.05, 4.69) is 5.92 Å². The van der Waals surface area contributed by atoms with Gasteiger partial charge in [-0.15, -0.1) is 6.42 Å². The number of benzene rings is 2. The van der Waals surface area contributed by atoms with Gasteiger partial charge in [-0.3, -0.25) is 0 Å². The average Bonchev–Trinajstić information content (AvgIpc) is 2.42. The predicted octanol–water partition coefficient (Wildman–Crippen LogP) is 5.51. The molecule has 0 unspecified atom stereocenters. The van der Waals surface area contributed by atoms with Crippen LogP contribution in [0.3, 0.4) is 0 Å². The van der Waals surface area contributed by atoms with Crippen molar-refractivity contribution in [3.05, 3.63) is 51.5 Å². The third-order valence-electron chi connectivity index (χ3n) is 2.78. The summed E-state index contributed by atoms with van der Waals surface area (Å²) in [4.78, 5) is 1.88. The van der Waals surface area contributed by atoms with Crippen LogP contribution in [-0.4, -0.2) is 13.6 Å². The minimum Gasteiger partial charge on any atom is -0.454 e. The first-order chi connectivity index (χ1) is 10.0. The number of halogens is 3. The second kappa shape index (κ2) is 6.95. The maximum atomic E-state index is 6.12. The molecule has 2 nitrogen and oxygen atoms in total. The Labute approximate surface area is 139 Å². The van der Waals surface area contributed by atoms with Crippen molar-refractivity contribution in [1.82, 2.24) is 0 Å². The molecule has 2 aromatic carbocycles. The van der Waals surface area contributed by atoms with Crippen molar-refractivity contribution < 1.29 is 4.74 Å². The fourth-order valence-corrected chi connectivity index (χ4v) is 2.39. The van der Waals surface area contributed by atoms with Crippen molar-refractivity contribution in [2.45, 2.75) is 0 Å². The number of nitrogens with zero attached hydrogens (tertiary/aromatic N) is 1.